The fourth-order valence-corrected chi connectivity index (χ4v) is 3.80. The Morgan fingerprint density at radius 1 is 1.31 bits per heavy atom. The van der Waals surface area contributed by atoms with Crippen molar-refractivity contribution in [3.63, 3.8) is 0 Å². The third-order valence-corrected chi connectivity index (χ3v) is 5.25. The second-order valence-corrected chi connectivity index (χ2v) is 7.78. The Morgan fingerprint density at radius 3 is 2.77 bits per heavy atom. The summed E-state index contributed by atoms with van der Waals surface area (Å²) in [4.78, 5) is 25.2. The van der Waals surface area contributed by atoms with Gasteiger partial charge in [0.2, 0.25) is 5.91 Å². The molecule has 0 aliphatic carbocycles. The summed E-state index contributed by atoms with van der Waals surface area (Å²) >= 11 is 1.40. The highest BCUT2D eigenvalue weighted by molar-refractivity contribution is 8.00. The molecule has 1 fully saturated rings. The molecule has 7 heteroatoms. The monoisotopic (exact) mass is 399 g/mol. The van der Waals surface area contributed by atoms with Crippen LogP contribution in [0.2, 0.25) is 0 Å². The maximum absolute atomic E-state index is 12.5. The lowest BCUT2D eigenvalue weighted by atomic mass is 9.96. The van der Waals surface area contributed by atoms with Gasteiger partial charge in [0.15, 0.2) is 0 Å². The van der Waals surface area contributed by atoms with Crippen molar-refractivity contribution in [3.8, 4) is 0 Å². The van der Waals surface area contributed by atoms with Crippen molar-refractivity contribution < 1.29 is 9.59 Å². The average molecular weight is 400 g/mol. The number of carbonyl (C=O) groups excluding carboxylic acids is 2. The van der Waals surface area contributed by atoms with E-state index in [2.05, 4.69) is 16.0 Å². The molecule has 1 atom stereocenters. The molecule has 0 radical (unpaired) electrons. The molecule has 1 saturated heterocycles. The molecule has 0 saturated carbocycles. The lowest BCUT2D eigenvalue weighted by Crippen LogP contribution is -2.33. The number of hydrogen-bond donors (Lipinski definition) is 3. The Morgan fingerprint density at radius 2 is 2.08 bits per heavy atom. The van der Waals surface area contributed by atoms with Gasteiger partial charge in [-0.15, -0.1) is 24.2 Å². The summed E-state index contributed by atoms with van der Waals surface area (Å²) in [5, 5.41) is 9.29. The summed E-state index contributed by atoms with van der Waals surface area (Å²) in [5.74, 6) is 0.894. The minimum atomic E-state index is -0.0591. The van der Waals surface area contributed by atoms with E-state index < -0.39 is 0 Å². The van der Waals surface area contributed by atoms with Crippen molar-refractivity contribution in [3.05, 3.63) is 29.8 Å². The molecule has 1 heterocycles. The molecule has 2 amide bonds. The van der Waals surface area contributed by atoms with Gasteiger partial charge in [0.1, 0.15) is 0 Å². The number of nitrogens with one attached hydrogen (secondary N) is 3. The van der Waals surface area contributed by atoms with Crippen LogP contribution in [0.15, 0.2) is 29.2 Å². The largest absolute Gasteiger partial charge is 0.353 e. The molecule has 1 aromatic rings. The van der Waals surface area contributed by atoms with Crippen LogP contribution in [0.1, 0.15) is 43.5 Å². The first-order valence-electron chi connectivity index (χ1n) is 9.06. The van der Waals surface area contributed by atoms with E-state index in [1.165, 1.54) is 24.6 Å². The topological polar surface area (TPSA) is 70.2 Å². The number of amides is 2. The SMILES string of the molecule is CC(C)NC(=O)CSc1ccccc1C(=O)NCCC1CCCNC1.Cl. The van der Waals surface area contributed by atoms with E-state index in [0.717, 1.165) is 24.4 Å². The fourth-order valence-electron chi connectivity index (χ4n) is 2.94. The van der Waals surface area contributed by atoms with E-state index in [-0.39, 0.29) is 30.3 Å². The lowest BCUT2D eigenvalue weighted by molar-refractivity contribution is -0.119. The van der Waals surface area contributed by atoms with Crippen molar-refractivity contribution in [1.29, 1.82) is 0 Å². The lowest BCUT2D eigenvalue weighted by Gasteiger charge is -2.22. The highest BCUT2D eigenvalue weighted by Crippen LogP contribution is 2.22. The van der Waals surface area contributed by atoms with Crippen LogP contribution >= 0.6 is 24.2 Å². The van der Waals surface area contributed by atoms with Gasteiger partial charge in [0.05, 0.1) is 11.3 Å². The van der Waals surface area contributed by atoms with E-state index >= 15 is 0 Å². The van der Waals surface area contributed by atoms with Crippen LogP contribution in [0, 0.1) is 5.92 Å². The minimum Gasteiger partial charge on any atom is -0.353 e. The van der Waals surface area contributed by atoms with Crippen LogP contribution in [-0.4, -0.2) is 43.2 Å². The third kappa shape index (κ3) is 7.98. The molecule has 1 unspecified atom stereocenters. The van der Waals surface area contributed by atoms with Crippen molar-refractivity contribution in [2.75, 3.05) is 25.4 Å². The zero-order chi connectivity index (χ0) is 18.1. The van der Waals surface area contributed by atoms with Gasteiger partial charge in [0.25, 0.3) is 5.91 Å². The fraction of sp³-hybridized carbons (Fsp3) is 0.579. The highest BCUT2D eigenvalue weighted by Gasteiger charge is 2.15. The predicted octanol–water partition coefficient (Wildman–Crippen LogP) is 2.84. The summed E-state index contributed by atoms with van der Waals surface area (Å²) in [5.41, 5.74) is 0.645. The second-order valence-electron chi connectivity index (χ2n) is 6.76. The van der Waals surface area contributed by atoms with Gasteiger partial charge in [-0.25, -0.2) is 0 Å². The maximum Gasteiger partial charge on any atom is 0.252 e. The van der Waals surface area contributed by atoms with Crippen molar-refractivity contribution in [1.82, 2.24) is 16.0 Å². The number of rotatable bonds is 8. The zero-order valence-electron chi connectivity index (χ0n) is 15.5. The molecule has 3 N–H and O–H groups in total. The second kappa shape index (κ2) is 12.2. The first-order chi connectivity index (χ1) is 12.1. The molecule has 1 aliphatic heterocycles. The first kappa shape index (κ1) is 22.8. The molecule has 1 aromatic carbocycles. The summed E-state index contributed by atoms with van der Waals surface area (Å²) in [6.07, 6.45) is 3.46. The van der Waals surface area contributed by atoms with Crippen LogP contribution in [0.4, 0.5) is 0 Å². The summed E-state index contributed by atoms with van der Waals surface area (Å²) in [6.45, 7) is 6.72. The van der Waals surface area contributed by atoms with Crippen LogP contribution in [-0.2, 0) is 4.79 Å². The van der Waals surface area contributed by atoms with Crippen LogP contribution in [0.3, 0.4) is 0 Å². The quantitative estimate of drug-likeness (QED) is 0.588. The number of piperidine rings is 1. The highest BCUT2D eigenvalue weighted by atomic mass is 35.5. The number of hydrogen-bond acceptors (Lipinski definition) is 4. The average Bonchev–Trinajstić information content (AvgIpc) is 2.60. The Kier molecular flexibility index (Phi) is 10.7. The molecule has 0 bridgehead atoms. The first-order valence-corrected chi connectivity index (χ1v) is 10.0. The maximum atomic E-state index is 12.5. The summed E-state index contributed by atoms with van der Waals surface area (Å²) < 4.78 is 0. The molecule has 2 rings (SSSR count). The Balaban J connectivity index is 0.00000338. The molecular formula is C19H30ClN3O2S. The zero-order valence-corrected chi connectivity index (χ0v) is 17.2. The van der Waals surface area contributed by atoms with Crippen LogP contribution < -0.4 is 16.0 Å². The number of benzene rings is 1. The van der Waals surface area contributed by atoms with Crippen LogP contribution in [0.5, 0.6) is 0 Å². The van der Waals surface area contributed by atoms with Crippen molar-refractivity contribution >= 4 is 36.0 Å². The standard InChI is InChI=1S/C19H29N3O2S.ClH/c1-14(2)22-18(23)13-25-17-8-4-3-7-16(17)19(24)21-11-9-15-6-5-10-20-12-15;/h3-4,7-8,14-15,20H,5-6,9-13H2,1-2H3,(H,21,24)(H,22,23);1H. The minimum absolute atomic E-state index is 0. The van der Waals surface area contributed by atoms with Gasteiger partial charge >= 0.3 is 0 Å². The van der Waals surface area contributed by atoms with Gasteiger partial charge in [-0.05, 0) is 64.3 Å². The van der Waals surface area contributed by atoms with E-state index in [0.29, 0.717) is 23.8 Å². The molecule has 5 nitrogen and oxygen atoms in total. The van der Waals surface area contributed by atoms with Crippen molar-refractivity contribution in [2.45, 2.75) is 44.0 Å². The van der Waals surface area contributed by atoms with Gasteiger partial charge < -0.3 is 16.0 Å². The number of carbonyl (C=O) groups is 2. The van der Waals surface area contributed by atoms with Gasteiger partial charge in [-0.2, -0.15) is 0 Å². The molecule has 26 heavy (non-hydrogen) atoms. The Hall–Kier alpha value is -1.24. The molecule has 146 valence electrons. The Bertz CT molecular complexity index is 578. The number of thioether (sulfide) groups is 1. The van der Waals surface area contributed by atoms with E-state index in [1.54, 1.807) is 0 Å². The molecule has 0 aromatic heterocycles. The van der Waals surface area contributed by atoms with Crippen LogP contribution in [0.25, 0.3) is 0 Å². The third-order valence-electron chi connectivity index (χ3n) is 4.18. The Labute approximate surface area is 166 Å². The normalized spacial score (nSPS) is 16.7. The predicted molar refractivity (Wildman–Crippen MR) is 110 cm³/mol. The number of halogens is 1. The van der Waals surface area contributed by atoms with E-state index in [1.807, 2.05) is 38.1 Å². The van der Waals surface area contributed by atoms with Gasteiger partial charge in [-0.1, -0.05) is 12.1 Å². The van der Waals surface area contributed by atoms with E-state index in [9.17, 15) is 9.59 Å². The summed E-state index contributed by atoms with van der Waals surface area (Å²) in [6, 6.07) is 7.60. The smallest absolute Gasteiger partial charge is 0.252 e. The molecule has 0 spiro atoms. The van der Waals surface area contributed by atoms with Crippen molar-refractivity contribution in [2.24, 2.45) is 5.92 Å². The van der Waals surface area contributed by atoms with Gasteiger partial charge in [0, 0.05) is 17.5 Å². The van der Waals surface area contributed by atoms with Gasteiger partial charge in [-0.3, -0.25) is 9.59 Å². The molecular weight excluding hydrogens is 370 g/mol. The molecule has 1 aliphatic rings. The van der Waals surface area contributed by atoms with E-state index in [4.69, 9.17) is 0 Å². The summed E-state index contributed by atoms with van der Waals surface area (Å²) in [7, 11) is 0.